The highest BCUT2D eigenvalue weighted by molar-refractivity contribution is 7.89. The van der Waals surface area contributed by atoms with Gasteiger partial charge >= 0.3 is 6.09 Å². The number of nitrogens with one attached hydrogen (secondary N) is 1. The minimum absolute atomic E-state index is 0.171. The highest BCUT2D eigenvalue weighted by Crippen LogP contribution is 2.31. The molecule has 0 saturated heterocycles. The lowest BCUT2D eigenvalue weighted by Crippen LogP contribution is -2.39. The zero-order valence-corrected chi connectivity index (χ0v) is 20.4. The van der Waals surface area contributed by atoms with Crippen LogP contribution in [0, 0.1) is 23.2 Å². The van der Waals surface area contributed by atoms with Crippen LogP contribution in [0.3, 0.4) is 0 Å². The number of rotatable bonds is 7. The van der Waals surface area contributed by atoms with Gasteiger partial charge in [0.1, 0.15) is 12.1 Å². The molecule has 0 aliphatic heterocycles. The van der Waals surface area contributed by atoms with Gasteiger partial charge in [-0.25, -0.2) is 13.2 Å². The molecule has 0 spiro atoms. The second kappa shape index (κ2) is 10.5. The van der Waals surface area contributed by atoms with Crippen LogP contribution in [0.25, 0.3) is 10.8 Å². The van der Waals surface area contributed by atoms with E-state index in [0.717, 1.165) is 36.5 Å². The minimum Gasteiger partial charge on any atom is -0.444 e. The first-order valence-electron chi connectivity index (χ1n) is 11.4. The van der Waals surface area contributed by atoms with Crippen LogP contribution in [-0.4, -0.2) is 44.1 Å². The zero-order chi connectivity index (χ0) is 24.1. The molecule has 33 heavy (non-hydrogen) atoms. The van der Waals surface area contributed by atoms with Crippen molar-refractivity contribution in [3.8, 4) is 6.07 Å². The van der Waals surface area contributed by atoms with E-state index in [-0.39, 0.29) is 17.4 Å². The molecule has 1 N–H and O–H groups in total. The summed E-state index contributed by atoms with van der Waals surface area (Å²) >= 11 is 0. The van der Waals surface area contributed by atoms with Gasteiger partial charge in [0.25, 0.3) is 0 Å². The molecule has 1 fully saturated rings. The van der Waals surface area contributed by atoms with Crippen LogP contribution in [0.2, 0.25) is 0 Å². The summed E-state index contributed by atoms with van der Waals surface area (Å²) in [7, 11) is -3.77. The van der Waals surface area contributed by atoms with Crippen LogP contribution in [0.15, 0.2) is 47.4 Å². The summed E-state index contributed by atoms with van der Waals surface area (Å²) < 4.78 is 33.2. The molecule has 0 radical (unpaired) electrons. The minimum atomic E-state index is -3.77. The van der Waals surface area contributed by atoms with Gasteiger partial charge in [0.15, 0.2) is 0 Å². The molecule has 0 heterocycles. The molecule has 1 aliphatic rings. The number of carbonyl (C=O) groups excluding carboxylic acids is 1. The molecule has 1 amide bonds. The van der Waals surface area contributed by atoms with Crippen LogP contribution in [0.5, 0.6) is 0 Å². The maximum Gasteiger partial charge on any atom is 0.407 e. The molecule has 0 atom stereocenters. The summed E-state index contributed by atoms with van der Waals surface area (Å²) in [5, 5.41) is 13.9. The summed E-state index contributed by atoms with van der Waals surface area (Å²) in [6, 6.07) is 14.7. The first-order valence-corrected chi connectivity index (χ1v) is 12.9. The summed E-state index contributed by atoms with van der Waals surface area (Å²) in [6.45, 7) is 6.20. The quantitative estimate of drug-likeness (QED) is 0.591. The molecule has 7 nitrogen and oxygen atoms in total. The van der Waals surface area contributed by atoms with Gasteiger partial charge in [-0.2, -0.15) is 9.57 Å². The lowest BCUT2D eigenvalue weighted by atomic mass is 9.82. The topological polar surface area (TPSA) is 99.5 Å². The molecule has 178 valence electrons. The van der Waals surface area contributed by atoms with E-state index in [1.807, 2.05) is 51.1 Å². The third-order valence-electron chi connectivity index (χ3n) is 5.97. The number of ether oxygens (including phenoxy) is 1. The fraction of sp³-hybridized carbons (Fsp3) is 0.520. The number of hydrogen-bond acceptors (Lipinski definition) is 5. The molecule has 1 aliphatic carbocycles. The van der Waals surface area contributed by atoms with Crippen molar-refractivity contribution < 1.29 is 17.9 Å². The SMILES string of the molecule is CC(C)(C)OC(=O)NCC1CCC(CN(CC#N)S(=O)(=O)c2ccc3ccccc3c2)CC1. The van der Waals surface area contributed by atoms with E-state index >= 15 is 0 Å². The standard InChI is InChI=1S/C25H33N3O4S/c1-25(2,3)32-24(29)27-17-19-8-10-20(11-9-19)18-28(15-14-26)33(30,31)23-13-12-21-6-4-5-7-22(21)16-23/h4-7,12-13,16,19-20H,8-11,15,17-18H2,1-3H3,(H,27,29). The van der Waals surface area contributed by atoms with Gasteiger partial charge < -0.3 is 10.1 Å². The number of nitrogens with zero attached hydrogens (tertiary/aromatic N) is 2. The van der Waals surface area contributed by atoms with E-state index < -0.39 is 21.7 Å². The molecular formula is C25H33N3O4S. The Morgan fingerprint density at radius 3 is 2.36 bits per heavy atom. The smallest absolute Gasteiger partial charge is 0.407 e. The number of carbonyl (C=O) groups is 1. The van der Waals surface area contributed by atoms with Gasteiger partial charge in [-0.15, -0.1) is 0 Å². The van der Waals surface area contributed by atoms with Crippen molar-refractivity contribution >= 4 is 26.9 Å². The van der Waals surface area contributed by atoms with E-state index in [4.69, 9.17) is 4.74 Å². The number of nitriles is 1. The van der Waals surface area contributed by atoms with Crippen molar-refractivity contribution in [3.05, 3.63) is 42.5 Å². The second-order valence-corrected chi connectivity index (χ2v) is 11.7. The average molecular weight is 472 g/mol. The van der Waals surface area contributed by atoms with Crippen LogP contribution in [0.4, 0.5) is 4.79 Å². The molecule has 8 heteroatoms. The number of hydrogen-bond donors (Lipinski definition) is 1. The zero-order valence-electron chi connectivity index (χ0n) is 19.6. The maximum atomic E-state index is 13.3. The monoisotopic (exact) mass is 471 g/mol. The lowest BCUT2D eigenvalue weighted by molar-refractivity contribution is 0.0513. The van der Waals surface area contributed by atoms with Crippen molar-refractivity contribution in [2.75, 3.05) is 19.6 Å². The molecule has 3 rings (SSSR count). The third-order valence-corrected chi connectivity index (χ3v) is 7.78. The van der Waals surface area contributed by atoms with Crippen molar-refractivity contribution in [1.29, 1.82) is 5.26 Å². The Bertz CT molecular complexity index is 1110. The van der Waals surface area contributed by atoms with Gasteiger partial charge in [-0.05, 0) is 81.2 Å². The Morgan fingerprint density at radius 2 is 1.73 bits per heavy atom. The van der Waals surface area contributed by atoms with Gasteiger partial charge in [0.05, 0.1) is 11.0 Å². The van der Waals surface area contributed by atoms with Crippen LogP contribution >= 0.6 is 0 Å². The molecular weight excluding hydrogens is 438 g/mol. The molecule has 2 aromatic carbocycles. The van der Waals surface area contributed by atoms with Gasteiger partial charge in [0, 0.05) is 13.1 Å². The van der Waals surface area contributed by atoms with Crippen molar-refractivity contribution in [2.45, 2.75) is 57.0 Å². The van der Waals surface area contributed by atoms with E-state index in [9.17, 15) is 18.5 Å². The van der Waals surface area contributed by atoms with Gasteiger partial charge in [-0.1, -0.05) is 30.3 Å². The van der Waals surface area contributed by atoms with E-state index in [1.165, 1.54) is 4.31 Å². The Labute approximate surface area is 196 Å². The van der Waals surface area contributed by atoms with Gasteiger partial charge in [-0.3, -0.25) is 0 Å². The number of amides is 1. The Kier molecular flexibility index (Phi) is 7.98. The predicted molar refractivity (Wildman–Crippen MR) is 128 cm³/mol. The number of benzene rings is 2. The van der Waals surface area contributed by atoms with Crippen molar-refractivity contribution in [2.24, 2.45) is 11.8 Å². The van der Waals surface area contributed by atoms with Crippen molar-refractivity contribution in [1.82, 2.24) is 9.62 Å². The van der Waals surface area contributed by atoms with Crippen molar-refractivity contribution in [3.63, 3.8) is 0 Å². The number of sulfonamides is 1. The van der Waals surface area contributed by atoms with Crippen LogP contribution in [0.1, 0.15) is 46.5 Å². The lowest BCUT2D eigenvalue weighted by Gasteiger charge is -2.31. The normalized spacial score (nSPS) is 19.2. The van der Waals surface area contributed by atoms with Gasteiger partial charge in [0.2, 0.25) is 10.0 Å². The van der Waals surface area contributed by atoms with Crippen LogP contribution in [-0.2, 0) is 14.8 Å². The summed E-state index contributed by atoms with van der Waals surface area (Å²) in [5.41, 5.74) is -0.525. The maximum absolute atomic E-state index is 13.3. The summed E-state index contributed by atoms with van der Waals surface area (Å²) in [4.78, 5) is 12.1. The summed E-state index contributed by atoms with van der Waals surface area (Å²) in [5.74, 6) is 0.529. The summed E-state index contributed by atoms with van der Waals surface area (Å²) in [6.07, 6.45) is 3.10. The molecule has 1 saturated carbocycles. The first-order chi connectivity index (χ1) is 15.6. The Morgan fingerprint density at radius 1 is 1.09 bits per heavy atom. The Hall–Kier alpha value is -2.63. The highest BCUT2D eigenvalue weighted by atomic mass is 32.2. The number of fused-ring (bicyclic) bond motifs is 1. The van der Waals surface area contributed by atoms with E-state index in [0.29, 0.717) is 19.0 Å². The van der Waals surface area contributed by atoms with E-state index in [2.05, 4.69) is 5.32 Å². The molecule has 2 aromatic rings. The molecule has 0 unspecified atom stereocenters. The largest absolute Gasteiger partial charge is 0.444 e. The fourth-order valence-corrected chi connectivity index (χ4v) is 5.70. The molecule has 0 aromatic heterocycles. The van der Waals surface area contributed by atoms with E-state index in [1.54, 1.807) is 18.2 Å². The highest BCUT2D eigenvalue weighted by Gasteiger charge is 2.30. The fourth-order valence-electron chi connectivity index (χ4n) is 4.25. The third kappa shape index (κ3) is 6.92. The number of alkyl carbamates (subject to hydrolysis) is 1. The van der Waals surface area contributed by atoms with Crippen LogP contribution < -0.4 is 5.32 Å². The first kappa shape index (κ1) is 25.0. The predicted octanol–water partition coefficient (Wildman–Crippen LogP) is 4.69. The average Bonchev–Trinajstić information content (AvgIpc) is 2.77. The second-order valence-electron chi connectivity index (χ2n) is 9.73. The Balaban J connectivity index is 1.59. The molecule has 0 bridgehead atoms.